The SMILES string of the molecule is CNc1ncc(/C=C/C(=O)N(C)Cc2oc3cccc(N)c3c2C)cc1NC[C@H](O)C=O. The number of hydrogen-bond acceptors (Lipinski definition) is 8. The van der Waals surface area contributed by atoms with Gasteiger partial charge in [-0.3, -0.25) is 4.79 Å². The molecule has 0 spiro atoms. The number of carbonyl (C=O) groups is 2. The first-order chi connectivity index (χ1) is 15.3. The van der Waals surface area contributed by atoms with Crippen LogP contribution in [0.1, 0.15) is 16.9 Å². The molecule has 2 heterocycles. The third kappa shape index (κ3) is 5.06. The smallest absolute Gasteiger partial charge is 0.246 e. The average molecular weight is 438 g/mol. The van der Waals surface area contributed by atoms with Crippen molar-refractivity contribution in [1.82, 2.24) is 9.88 Å². The number of nitrogens with zero attached hydrogens (tertiary/aromatic N) is 2. The number of nitrogens with one attached hydrogen (secondary N) is 2. The first kappa shape index (κ1) is 22.8. The maximum Gasteiger partial charge on any atom is 0.246 e. The Labute approximate surface area is 185 Å². The number of aliphatic hydroxyl groups is 1. The van der Waals surface area contributed by atoms with Gasteiger partial charge < -0.3 is 35.6 Å². The Kier molecular flexibility index (Phi) is 7.11. The second-order valence-electron chi connectivity index (χ2n) is 7.40. The number of aryl methyl sites for hydroxylation is 1. The molecule has 0 bridgehead atoms. The molecular formula is C23H27N5O4. The van der Waals surface area contributed by atoms with Crippen molar-refractivity contribution >= 4 is 46.4 Å². The highest BCUT2D eigenvalue weighted by atomic mass is 16.3. The van der Waals surface area contributed by atoms with Crippen molar-refractivity contribution in [2.24, 2.45) is 0 Å². The number of pyridine rings is 1. The Morgan fingerprint density at radius 2 is 2.19 bits per heavy atom. The fraction of sp³-hybridized carbons (Fsp3) is 0.261. The van der Waals surface area contributed by atoms with E-state index in [-0.39, 0.29) is 12.5 Å². The lowest BCUT2D eigenvalue weighted by atomic mass is 10.1. The monoisotopic (exact) mass is 437 g/mol. The predicted octanol–water partition coefficient (Wildman–Crippen LogP) is 2.40. The number of carbonyl (C=O) groups excluding carboxylic acids is 2. The summed E-state index contributed by atoms with van der Waals surface area (Å²) in [7, 11) is 3.41. The van der Waals surface area contributed by atoms with Crippen LogP contribution in [0.4, 0.5) is 17.2 Å². The number of nitrogen functional groups attached to an aromatic ring is 1. The second-order valence-corrected chi connectivity index (χ2v) is 7.40. The minimum atomic E-state index is -1.12. The number of aliphatic hydroxyl groups excluding tert-OH is 1. The van der Waals surface area contributed by atoms with Gasteiger partial charge in [-0.2, -0.15) is 0 Å². The summed E-state index contributed by atoms with van der Waals surface area (Å²) >= 11 is 0. The largest absolute Gasteiger partial charge is 0.459 e. The van der Waals surface area contributed by atoms with Gasteiger partial charge in [0.2, 0.25) is 5.91 Å². The highest BCUT2D eigenvalue weighted by Crippen LogP contribution is 2.30. The van der Waals surface area contributed by atoms with Crippen LogP contribution in [0, 0.1) is 6.92 Å². The molecule has 0 saturated heterocycles. The van der Waals surface area contributed by atoms with Crippen molar-refractivity contribution in [3.63, 3.8) is 0 Å². The van der Waals surface area contributed by atoms with Gasteiger partial charge in [-0.15, -0.1) is 0 Å². The zero-order valence-electron chi connectivity index (χ0n) is 18.3. The molecule has 0 saturated carbocycles. The van der Waals surface area contributed by atoms with E-state index in [9.17, 15) is 14.7 Å². The minimum absolute atomic E-state index is 0.0516. The van der Waals surface area contributed by atoms with E-state index in [2.05, 4.69) is 15.6 Å². The Balaban J connectivity index is 1.71. The average Bonchev–Trinajstić information content (AvgIpc) is 3.11. The Bertz CT molecular complexity index is 1150. The first-order valence-electron chi connectivity index (χ1n) is 10.1. The molecule has 32 heavy (non-hydrogen) atoms. The van der Waals surface area contributed by atoms with Crippen LogP contribution in [0.3, 0.4) is 0 Å². The number of fused-ring (bicyclic) bond motifs is 1. The summed E-state index contributed by atoms with van der Waals surface area (Å²) in [5, 5.41) is 16.2. The molecule has 9 nitrogen and oxygen atoms in total. The maximum atomic E-state index is 12.6. The summed E-state index contributed by atoms with van der Waals surface area (Å²) in [5.41, 5.74) is 9.60. The highest BCUT2D eigenvalue weighted by molar-refractivity contribution is 5.94. The summed E-state index contributed by atoms with van der Waals surface area (Å²) in [4.78, 5) is 29.1. The fourth-order valence-electron chi connectivity index (χ4n) is 3.29. The molecule has 9 heteroatoms. The summed E-state index contributed by atoms with van der Waals surface area (Å²) in [5.74, 6) is 1.03. The van der Waals surface area contributed by atoms with Crippen molar-refractivity contribution < 1.29 is 19.1 Å². The summed E-state index contributed by atoms with van der Waals surface area (Å²) < 4.78 is 5.89. The van der Waals surface area contributed by atoms with Crippen LogP contribution in [0.2, 0.25) is 0 Å². The van der Waals surface area contributed by atoms with Crippen LogP contribution in [-0.4, -0.2) is 53.9 Å². The van der Waals surface area contributed by atoms with Crippen molar-refractivity contribution in [3.05, 3.63) is 53.4 Å². The topological polar surface area (TPSA) is 134 Å². The van der Waals surface area contributed by atoms with Crippen molar-refractivity contribution in [1.29, 1.82) is 0 Å². The van der Waals surface area contributed by atoms with E-state index in [1.165, 1.54) is 6.08 Å². The zero-order valence-corrected chi connectivity index (χ0v) is 18.3. The van der Waals surface area contributed by atoms with Gasteiger partial charge in [-0.05, 0) is 36.8 Å². The summed E-state index contributed by atoms with van der Waals surface area (Å²) in [6, 6.07) is 7.28. The highest BCUT2D eigenvalue weighted by Gasteiger charge is 2.16. The number of furan rings is 1. The lowest BCUT2D eigenvalue weighted by Crippen LogP contribution is -2.24. The summed E-state index contributed by atoms with van der Waals surface area (Å²) in [6.07, 6.45) is 4.05. The van der Waals surface area contributed by atoms with Gasteiger partial charge in [-0.1, -0.05) is 6.07 Å². The molecule has 1 atom stereocenters. The molecule has 5 N–H and O–H groups in total. The molecule has 0 unspecified atom stereocenters. The number of aldehydes is 1. The predicted molar refractivity (Wildman–Crippen MR) is 125 cm³/mol. The van der Waals surface area contributed by atoms with Gasteiger partial charge in [0.15, 0.2) is 0 Å². The third-order valence-electron chi connectivity index (χ3n) is 5.06. The molecule has 3 rings (SSSR count). The van der Waals surface area contributed by atoms with Crippen LogP contribution in [0.5, 0.6) is 0 Å². The molecule has 1 aromatic carbocycles. The van der Waals surface area contributed by atoms with Gasteiger partial charge in [-0.25, -0.2) is 4.98 Å². The third-order valence-corrected chi connectivity index (χ3v) is 5.06. The number of nitrogens with two attached hydrogens (primary N) is 1. The Morgan fingerprint density at radius 1 is 1.41 bits per heavy atom. The van der Waals surface area contributed by atoms with E-state index in [1.54, 1.807) is 37.3 Å². The van der Waals surface area contributed by atoms with E-state index >= 15 is 0 Å². The first-order valence-corrected chi connectivity index (χ1v) is 10.1. The number of aromatic nitrogens is 1. The van der Waals surface area contributed by atoms with Gasteiger partial charge >= 0.3 is 0 Å². The molecule has 3 aromatic rings. The van der Waals surface area contributed by atoms with Gasteiger partial charge in [0.1, 0.15) is 29.6 Å². The molecule has 2 aromatic heterocycles. The Morgan fingerprint density at radius 3 is 2.88 bits per heavy atom. The number of benzene rings is 1. The van der Waals surface area contributed by atoms with Crippen LogP contribution in [0.15, 0.2) is 41.0 Å². The molecule has 0 aliphatic rings. The number of hydrogen-bond donors (Lipinski definition) is 4. The quantitative estimate of drug-likeness (QED) is 0.228. The van der Waals surface area contributed by atoms with Crippen molar-refractivity contribution in [2.75, 3.05) is 37.0 Å². The van der Waals surface area contributed by atoms with Crippen LogP contribution in [0.25, 0.3) is 17.0 Å². The van der Waals surface area contributed by atoms with Crippen LogP contribution in [-0.2, 0) is 16.1 Å². The lowest BCUT2D eigenvalue weighted by Gasteiger charge is -2.14. The van der Waals surface area contributed by atoms with Crippen molar-refractivity contribution in [3.8, 4) is 0 Å². The number of amides is 1. The standard InChI is InChI=1S/C23H27N5O4/c1-14-20(32-19-6-4-5-17(24)22(14)19)12-28(3)21(31)8-7-15-9-18(23(25-2)27-10-15)26-11-16(30)13-29/h4-10,13,16,26,30H,11-12,24H2,1-3H3,(H,25,27)/b8-7+/t16-/m0/s1. The molecule has 0 aliphatic heterocycles. The minimum Gasteiger partial charge on any atom is -0.459 e. The molecule has 0 fully saturated rings. The molecule has 0 radical (unpaired) electrons. The van der Waals surface area contributed by atoms with Crippen molar-refractivity contribution in [2.45, 2.75) is 19.6 Å². The van der Waals surface area contributed by atoms with Crippen LogP contribution < -0.4 is 16.4 Å². The van der Waals surface area contributed by atoms with Gasteiger partial charge in [0.05, 0.1) is 12.2 Å². The van der Waals surface area contributed by atoms with E-state index in [4.69, 9.17) is 10.2 Å². The normalized spacial score (nSPS) is 12.1. The van der Waals surface area contributed by atoms with E-state index in [0.717, 1.165) is 10.9 Å². The fourth-order valence-corrected chi connectivity index (χ4v) is 3.29. The number of anilines is 3. The molecule has 0 aliphatic carbocycles. The summed E-state index contributed by atoms with van der Waals surface area (Å²) in [6.45, 7) is 2.28. The maximum absolute atomic E-state index is 12.6. The van der Waals surface area contributed by atoms with E-state index < -0.39 is 6.10 Å². The molecular weight excluding hydrogens is 410 g/mol. The number of rotatable bonds is 9. The van der Waals surface area contributed by atoms with E-state index in [0.29, 0.717) is 46.9 Å². The molecule has 168 valence electrons. The molecule has 1 amide bonds. The van der Waals surface area contributed by atoms with Gasteiger partial charge in [0.25, 0.3) is 0 Å². The van der Waals surface area contributed by atoms with Gasteiger partial charge in [0, 0.05) is 49.6 Å². The Hall–Kier alpha value is -3.85. The zero-order chi connectivity index (χ0) is 23.3. The van der Waals surface area contributed by atoms with Crippen LogP contribution >= 0.6 is 0 Å². The van der Waals surface area contributed by atoms with E-state index in [1.807, 2.05) is 25.1 Å². The second kappa shape index (κ2) is 9.97. The lowest BCUT2D eigenvalue weighted by molar-refractivity contribution is -0.125. The number of likely N-dealkylation sites (N-methyl/N-ethyl adjacent to an activating group) is 1.